The van der Waals surface area contributed by atoms with Crippen molar-refractivity contribution in [1.82, 2.24) is 0 Å². The van der Waals surface area contributed by atoms with Gasteiger partial charge in [-0.1, -0.05) is 0 Å². The van der Waals surface area contributed by atoms with Gasteiger partial charge < -0.3 is 0 Å². The smallest absolute Gasteiger partial charge is 0.194 e. The van der Waals surface area contributed by atoms with Gasteiger partial charge in [-0.15, -0.1) is 32.1 Å². The molecule has 180 valence electrons. The highest BCUT2D eigenvalue weighted by atomic mass is 32.1. The van der Waals surface area contributed by atoms with Crippen LogP contribution in [0.2, 0.25) is 0 Å². The Bertz CT molecular complexity index is 1080. The molecule has 0 fully saturated rings. The van der Waals surface area contributed by atoms with Gasteiger partial charge in [0.1, 0.15) is 13.1 Å². The Hall–Kier alpha value is -2.08. The van der Waals surface area contributed by atoms with Crippen LogP contribution in [0.5, 0.6) is 0 Å². The Morgan fingerprint density at radius 3 is 1.33 bits per heavy atom. The average Bonchev–Trinajstić information content (AvgIpc) is 3.26. The third kappa shape index (κ3) is 4.27. The molecule has 1 aliphatic rings. The predicted octanol–water partition coefficient (Wildman–Crippen LogP) is 6.71. The molecule has 12 heteroatoms. The minimum atomic E-state index is -5.57. The van der Waals surface area contributed by atoms with Gasteiger partial charge in [0, 0.05) is 30.7 Å². The normalized spacial score (nSPS) is 18.5. The minimum Gasteiger partial charge on any atom is -0.194 e. The van der Waals surface area contributed by atoms with E-state index < -0.39 is 28.9 Å². The predicted molar refractivity (Wildman–Crippen MR) is 116 cm³/mol. The van der Waals surface area contributed by atoms with Gasteiger partial charge in [-0.2, -0.15) is 26.3 Å². The maximum Gasteiger partial charge on any atom is 0.380 e. The van der Waals surface area contributed by atoms with Gasteiger partial charge in [-0.05, 0) is 47.3 Å². The molecule has 0 aromatic carbocycles. The number of hydrogen-bond acceptors (Lipinski definition) is 4. The van der Waals surface area contributed by atoms with Gasteiger partial charge in [0.05, 0.1) is 0 Å². The molecule has 0 aliphatic heterocycles. The Balaban J connectivity index is 2.28. The van der Waals surface area contributed by atoms with E-state index in [1.165, 1.54) is 35.4 Å². The van der Waals surface area contributed by atoms with E-state index in [0.717, 1.165) is 22.7 Å². The van der Waals surface area contributed by atoms with Crippen molar-refractivity contribution in [2.24, 2.45) is 10.2 Å². The number of halogens is 6. The second kappa shape index (κ2) is 8.61. The zero-order chi connectivity index (χ0) is 24.9. The lowest BCUT2D eigenvalue weighted by atomic mass is 9.95. The number of thiophene rings is 2. The van der Waals surface area contributed by atoms with Crippen LogP contribution in [0.1, 0.15) is 30.6 Å². The lowest BCUT2D eigenvalue weighted by Gasteiger charge is -2.25. The Morgan fingerprint density at radius 1 is 0.697 bits per heavy atom. The molecule has 0 unspecified atom stereocenters. The second-order valence-corrected chi connectivity index (χ2v) is 10.8. The molecule has 1 aliphatic carbocycles. The highest BCUT2D eigenvalue weighted by Crippen LogP contribution is 2.65. The third-order valence-electron chi connectivity index (χ3n) is 5.16. The fraction of sp³-hybridized carbons (Fsp3) is 0.524. The first kappa shape index (κ1) is 25.5. The van der Waals surface area contributed by atoms with Crippen molar-refractivity contribution in [2.75, 3.05) is 28.2 Å². The molecular weight excluding hydrogens is 486 g/mol. The van der Waals surface area contributed by atoms with Crippen molar-refractivity contribution < 1.29 is 35.7 Å². The van der Waals surface area contributed by atoms with Crippen LogP contribution in [-0.4, -0.2) is 55.4 Å². The quantitative estimate of drug-likeness (QED) is 0.235. The van der Waals surface area contributed by atoms with Crippen LogP contribution in [0, 0.1) is 13.8 Å². The molecule has 33 heavy (non-hydrogen) atoms. The zero-order valence-corrected chi connectivity index (χ0v) is 20.6. The molecule has 0 radical (unpaired) electrons. The molecule has 2 heterocycles. The maximum absolute atomic E-state index is 15.1. The number of aryl methyl sites for hydroxylation is 2. The number of allylic oxidation sites excluding steroid dienone is 2. The molecule has 2 aromatic rings. The Kier molecular flexibility index (Phi) is 6.66. The number of nitrogens with zero attached hydrogens (tertiary/aromatic N) is 4. The standard InChI is InChI=1S/C21H24F6N4S2/c1-11-15(7-13(32-11)9-28-30(3)4)17-18(20(24,25)21(26,27)19(17,22)23)16-8-14(33-12(16)2)10-29-31(5)6/h7-8H,9-10H2,1-6H3/q+2. The summed E-state index contributed by atoms with van der Waals surface area (Å²) in [5.74, 6) is -15.7. The minimum absolute atomic E-state index is 0.118. The molecule has 0 bridgehead atoms. The first-order valence-corrected chi connectivity index (χ1v) is 11.5. The molecule has 0 N–H and O–H groups in total. The Labute approximate surface area is 195 Å². The first-order valence-electron chi connectivity index (χ1n) is 9.88. The van der Waals surface area contributed by atoms with Crippen LogP contribution in [0.3, 0.4) is 0 Å². The maximum atomic E-state index is 15.1. The van der Waals surface area contributed by atoms with E-state index in [2.05, 4.69) is 10.2 Å². The number of rotatable bonds is 6. The summed E-state index contributed by atoms with van der Waals surface area (Å²) in [5, 5.41) is 8.26. The van der Waals surface area contributed by atoms with Crippen molar-refractivity contribution in [1.29, 1.82) is 0 Å². The van der Waals surface area contributed by atoms with E-state index >= 15 is 17.6 Å². The van der Waals surface area contributed by atoms with Crippen LogP contribution in [0.4, 0.5) is 26.3 Å². The number of azo groups is 4. The highest BCUT2D eigenvalue weighted by Gasteiger charge is 2.80. The van der Waals surface area contributed by atoms with Gasteiger partial charge in [-0.3, -0.25) is 0 Å². The van der Waals surface area contributed by atoms with E-state index in [-0.39, 0.29) is 34.0 Å². The summed E-state index contributed by atoms with van der Waals surface area (Å²) in [6.45, 7) is 3.15. The van der Waals surface area contributed by atoms with E-state index in [4.69, 9.17) is 0 Å². The molecule has 3 rings (SSSR count). The van der Waals surface area contributed by atoms with Crippen LogP contribution in [0.15, 0.2) is 22.4 Å². The van der Waals surface area contributed by atoms with Crippen LogP contribution >= 0.6 is 22.7 Å². The third-order valence-corrected chi connectivity index (χ3v) is 7.23. The molecular formula is C21H24F6N4S2+2. The van der Waals surface area contributed by atoms with Crippen molar-refractivity contribution >= 4 is 33.8 Å². The Morgan fingerprint density at radius 2 is 1.03 bits per heavy atom. The summed E-state index contributed by atoms with van der Waals surface area (Å²) >= 11 is 2.13. The first-order chi connectivity index (χ1) is 15.1. The average molecular weight is 511 g/mol. The SMILES string of the molecule is Cc1sc(CN=[N+](C)C)cc1C1=C(c2cc(CN=[N+](C)C)sc2C)C(F)(F)C(F)(F)C1(F)F. The number of alkyl halides is 6. The van der Waals surface area contributed by atoms with Crippen molar-refractivity contribution in [3.8, 4) is 0 Å². The summed E-state index contributed by atoms with van der Waals surface area (Å²) < 4.78 is 92.4. The van der Waals surface area contributed by atoms with E-state index in [1.807, 2.05) is 0 Å². The fourth-order valence-electron chi connectivity index (χ4n) is 3.59. The van der Waals surface area contributed by atoms with Gasteiger partial charge in [-0.25, -0.2) is 0 Å². The van der Waals surface area contributed by atoms with Crippen molar-refractivity contribution in [3.63, 3.8) is 0 Å². The topological polar surface area (TPSA) is 30.7 Å². The largest absolute Gasteiger partial charge is 0.380 e. The van der Waals surface area contributed by atoms with E-state index in [1.54, 1.807) is 28.2 Å². The van der Waals surface area contributed by atoms with Crippen molar-refractivity contribution in [3.05, 3.63) is 42.8 Å². The molecule has 0 saturated carbocycles. The van der Waals surface area contributed by atoms with E-state index in [9.17, 15) is 8.78 Å². The summed E-state index contributed by atoms with van der Waals surface area (Å²) in [6.07, 6.45) is 0. The second-order valence-electron chi connectivity index (χ2n) is 8.13. The van der Waals surface area contributed by atoms with Crippen LogP contribution in [-0.2, 0) is 13.1 Å². The molecule has 0 amide bonds. The molecule has 0 saturated heterocycles. The molecule has 4 nitrogen and oxygen atoms in total. The lowest BCUT2D eigenvalue weighted by Crippen LogP contribution is -2.48. The monoisotopic (exact) mass is 510 g/mol. The molecule has 0 atom stereocenters. The molecule has 0 spiro atoms. The summed E-state index contributed by atoms with van der Waals surface area (Å²) in [4.78, 5) is 1.50. The molecule has 2 aromatic heterocycles. The van der Waals surface area contributed by atoms with Gasteiger partial charge in [0.15, 0.2) is 28.2 Å². The zero-order valence-electron chi connectivity index (χ0n) is 18.9. The van der Waals surface area contributed by atoms with Crippen LogP contribution < -0.4 is 0 Å². The lowest BCUT2D eigenvalue weighted by molar-refractivity contribution is -0.539. The fourth-order valence-corrected chi connectivity index (χ4v) is 5.52. The summed E-state index contributed by atoms with van der Waals surface area (Å²) in [7, 11) is 6.70. The van der Waals surface area contributed by atoms with E-state index in [0.29, 0.717) is 9.75 Å². The summed E-state index contributed by atoms with van der Waals surface area (Å²) in [6, 6.07) is 2.52. The number of hydrogen-bond donors (Lipinski definition) is 0. The van der Waals surface area contributed by atoms with Gasteiger partial charge in [0.25, 0.3) is 0 Å². The summed E-state index contributed by atoms with van der Waals surface area (Å²) in [5.41, 5.74) is -3.24. The van der Waals surface area contributed by atoms with Gasteiger partial charge >= 0.3 is 17.8 Å². The van der Waals surface area contributed by atoms with Crippen molar-refractivity contribution in [2.45, 2.75) is 44.7 Å². The van der Waals surface area contributed by atoms with Crippen LogP contribution in [0.25, 0.3) is 11.1 Å². The highest BCUT2D eigenvalue weighted by molar-refractivity contribution is 7.12. The van der Waals surface area contributed by atoms with Gasteiger partial charge in [0.2, 0.25) is 0 Å².